The summed E-state index contributed by atoms with van der Waals surface area (Å²) < 4.78 is 0.887. The summed E-state index contributed by atoms with van der Waals surface area (Å²) in [6, 6.07) is 9.03. The molecule has 18 heavy (non-hydrogen) atoms. The van der Waals surface area contributed by atoms with Crippen molar-refractivity contribution in [3.05, 3.63) is 43.7 Å². The molecule has 0 aromatic carbocycles. The van der Waals surface area contributed by atoms with Crippen LogP contribution in [0.3, 0.4) is 0 Å². The molecular formula is C14H18ClNS2. The molecule has 2 aromatic rings. The van der Waals surface area contributed by atoms with E-state index >= 15 is 0 Å². The third-order valence-corrected chi connectivity index (χ3v) is 5.23. The van der Waals surface area contributed by atoms with E-state index in [1.165, 1.54) is 29.0 Å². The van der Waals surface area contributed by atoms with Crippen molar-refractivity contribution in [2.75, 3.05) is 7.05 Å². The molecule has 98 valence electrons. The molecule has 0 aliphatic heterocycles. The summed E-state index contributed by atoms with van der Waals surface area (Å²) in [5.74, 6) is 0. The third-order valence-electron chi connectivity index (χ3n) is 3.04. The van der Waals surface area contributed by atoms with Crippen LogP contribution in [0, 0.1) is 0 Å². The van der Waals surface area contributed by atoms with Gasteiger partial charge in [-0.1, -0.05) is 17.7 Å². The maximum atomic E-state index is 5.96. The van der Waals surface area contributed by atoms with Crippen LogP contribution in [0.15, 0.2) is 29.6 Å². The second-order valence-corrected chi connectivity index (χ2v) is 7.20. The highest BCUT2D eigenvalue weighted by molar-refractivity contribution is 7.16. The predicted molar refractivity (Wildman–Crippen MR) is 83.1 cm³/mol. The lowest BCUT2D eigenvalue weighted by atomic mass is 10.1. The fourth-order valence-corrected chi connectivity index (χ4v) is 3.95. The number of nitrogens with one attached hydrogen (secondary N) is 1. The van der Waals surface area contributed by atoms with Crippen molar-refractivity contribution >= 4 is 34.3 Å². The standard InChI is InChI=1S/C14H18ClNS2/c1-16-11(10-13-7-8-14(15)18-13)4-2-5-12-6-3-9-17-12/h3,6-9,11,16H,2,4-5,10H2,1H3. The van der Waals surface area contributed by atoms with Crippen molar-refractivity contribution < 1.29 is 0 Å². The van der Waals surface area contributed by atoms with Crippen LogP contribution >= 0.6 is 34.3 Å². The van der Waals surface area contributed by atoms with Crippen molar-refractivity contribution in [1.82, 2.24) is 5.32 Å². The van der Waals surface area contributed by atoms with Crippen molar-refractivity contribution in [2.45, 2.75) is 31.7 Å². The Balaban J connectivity index is 1.75. The number of thiophene rings is 2. The van der Waals surface area contributed by atoms with E-state index in [2.05, 4.69) is 28.9 Å². The molecule has 0 radical (unpaired) electrons. The largest absolute Gasteiger partial charge is 0.317 e. The average Bonchev–Trinajstić information content (AvgIpc) is 3.00. The average molecular weight is 300 g/mol. The minimum atomic E-state index is 0.555. The number of likely N-dealkylation sites (N-methyl/N-ethyl adjacent to an activating group) is 1. The zero-order valence-corrected chi connectivity index (χ0v) is 12.9. The number of rotatable bonds is 7. The van der Waals surface area contributed by atoms with E-state index in [0.717, 1.165) is 10.8 Å². The molecule has 0 saturated carbocycles. The van der Waals surface area contributed by atoms with E-state index < -0.39 is 0 Å². The fraction of sp³-hybridized carbons (Fsp3) is 0.429. The molecule has 1 N–H and O–H groups in total. The predicted octanol–water partition coefficient (Wildman–Crippen LogP) is 4.62. The molecule has 2 rings (SSSR count). The summed E-state index contributed by atoms with van der Waals surface area (Å²) in [4.78, 5) is 2.86. The van der Waals surface area contributed by atoms with Crippen molar-refractivity contribution in [3.63, 3.8) is 0 Å². The van der Waals surface area contributed by atoms with Crippen LogP contribution in [0.4, 0.5) is 0 Å². The Morgan fingerprint density at radius 1 is 1.28 bits per heavy atom. The van der Waals surface area contributed by atoms with Crippen LogP contribution in [-0.4, -0.2) is 13.1 Å². The molecule has 0 aliphatic carbocycles. The highest BCUT2D eigenvalue weighted by atomic mass is 35.5. The SMILES string of the molecule is CNC(CCCc1cccs1)Cc1ccc(Cl)s1. The topological polar surface area (TPSA) is 12.0 Å². The number of hydrogen-bond donors (Lipinski definition) is 1. The number of hydrogen-bond acceptors (Lipinski definition) is 3. The second-order valence-electron chi connectivity index (χ2n) is 4.37. The molecule has 0 bridgehead atoms. The maximum absolute atomic E-state index is 5.96. The van der Waals surface area contributed by atoms with Crippen LogP contribution in [-0.2, 0) is 12.8 Å². The van der Waals surface area contributed by atoms with Gasteiger partial charge in [0.2, 0.25) is 0 Å². The van der Waals surface area contributed by atoms with Gasteiger partial charge in [0.15, 0.2) is 0 Å². The first-order valence-electron chi connectivity index (χ1n) is 6.22. The zero-order valence-electron chi connectivity index (χ0n) is 10.5. The second kappa shape index (κ2) is 7.29. The van der Waals surface area contributed by atoms with Gasteiger partial charge in [-0.25, -0.2) is 0 Å². The van der Waals surface area contributed by atoms with Crippen LogP contribution in [0.25, 0.3) is 0 Å². The molecular weight excluding hydrogens is 282 g/mol. The quantitative estimate of drug-likeness (QED) is 0.787. The van der Waals surface area contributed by atoms with Gasteiger partial charge in [0, 0.05) is 15.8 Å². The van der Waals surface area contributed by atoms with E-state index in [4.69, 9.17) is 11.6 Å². The first-order chi connectivity index (χ1) is 8.78. The van der Waals surface area contributed by atoms with E-state index in [1.807, 2.05) is 24.5 Å². The molecule has 0 fully saturated rings. The molecule has 2 aromatic heterocycles. The number of aryl methyl sites for hydroxylation is 1. The van der Waals surface area contributed by atoms with E-state index in [-0.39, 0.29) is 0 Å². The molecule has 2 heterocycles. The summed E-state index contributed by atoms with van der Waals surface area (Å²) in [7, 11) is 2.05. The smallest absolute Gasteiger partial charge is 0.0931 e. The molecule has 1 atom stereocenters. The molecule has 1 nitrogen and oxygen atoms in total. The van der Waals surface area contributed by atoms with Crippen LogP contribution in [0.1, 0.15) is 22.6 Å². The van der Waals surface area contributed by atoms with Crippen LogP contribution in [0.5, 0.6) is 0 Å². The highest BCUT2D eigenvalue weighted by Gasteiger charge is 2.09. The molecule has 0 spiro atoms. The van der Waals surface area contributed by atoms with Gasteiger partial charge in [0.25, 0.3) is 0 Å². The van der Waals surface area contributed by atoms with Gasteiger partial charge in [0.1, 0.15) is 0 Å². The van der Waals surface area contributed by atoms with Gasteiger partial charge in [-0.2, -0.15) is 0 Å². The van der Waals surface area contributed by atoms with Gasteiger partial charge in [-0.15, -0.1) is 22.7 Å². The summed E-state index contributed by atoms with van der Waals surface area (Å²) >= 11 is 9.50. The molecule has 4 heteroatoms. The van der Waals surface area contributed by atoms with E-state index in [9.17, 15) is 0 Å². The summed E-state index contributed by atoms with van der Waals surface area (Å²) in [5.41, 5.74) is 0. The summed E-state index contributed by atoms with van der Waals surface area (Å²) in [5, 5.41) is 5.56. The Bertz CT molecular complexity index is 450. The Morgan fingerprint density at radius 2 is 2.17 bits per heavy atom. The highest BCUT2D eigenvalue weighted by Crippen LogP contribution is 2.23. The third kappa shape index (κ3) is 4.39. The normalized spacial score (nSPS) is 12.8. The lowest BCUT2D eigenvalue weighted by Gasteiger charge is -2.14. The fourth-order valence-electron chi connectivity index (χ4n) is 2.03. The summed E-state index contributed by atoms with van der Waals surface area (Å²) in [6.07, 6.45) is 4.73. The monoisotopic (exact) mass is 299 g/mol. The van der Waals surface area contributed by atoms with Crippen molar-refractivity contribution in [2.24, 2.45) is 0 Å². The van der Waals surface area contributed by atoms with Gasteiger partial charge < -0.3 is 5.32 Å². The molecule has 0 saturated heterocycles. The van der Waals surface area contributed by atoms with Crippen LogP contribution < -0.4 is 5.32 Å². The van der Waals surface area contributed by atoms with Crippen LogP contribution in [0.2, 0.25) is 4.34 Å². The maximum Gasteiger partial charge on any atom is 0.0931 e. The first-order valence-corrected chi connectivity index (χ1v) is 8.29. The Labute approximate surface area is 122 Å². The lowest BCUT2D eigenvalue weighted by molar-refractivity contribution is 0.506. The minimum Gasteiger partial charge on any atom is -0.317 e. The number of halogens is 1. The molecule has 0 amide bonds. The van der Waals surface area contributed by atoms with Crippen molar-refractivity contribution in [1.29, 1.82) is 0 Å². The Morgan fingerprint density at radius 3 is 2.78 bits per heavy atom. The molecule has 0 aliphatic rings. The molecule has 1 unspecified atom stereocenters. The van der Waals surface area contributed by atoms with Gasteiger partial charge in [-0.3, -0.25) is 0 Å². The lowest BCUT2D eigenvalue weighted by Crippen LogP contribution is -2.27. The first kappa shape index (κ1) is 14.1. The summed E-state index contributed by atoms with van der Waals surface area (Å²) in [6.45, 7) is 0. The van der Waals surface area contributed by atoms with Gasteiger partial charge in [0.05, 0.1) is 4.34 Å². The minimum absolute atomic E-state index is 0.555. The Kier molecular flexibility index (Phi) is 5.70. The van der Waals surface area contributed by atoms with Crippen molar-refractivity contribution in [3.8, 4) is 0 Å². The van der Waals surface area contributed by atoms with E-state index in [0.29, 0.717) is 6.04 Å². The Hall–Kier alpha value is -0.350. The van der Waals surface area contributed by atoms with E-state index in [1.54, 1.807) is 11.3 Å². The van der Waals surface area contributed by atoms with Gasteiger partial charge in [-0.05, 0) is 56.3 Å². The van der Waals surface area contributed by atoms with Gasteiger partial charge >= 0.3 is 0 Å². The zero-order chi connectivity index (χ0) is 12.8.